The van der Waals surface area contributed by atoms with E-state index >= 15 is 0 Å². The number of rotatable bonds is 6. The number of nitrogens with one attached hydrogen (secondary N) is 1. The van der Waals surface area contributed by atoms with Crippen LogP contribution >= 0.6 is 11.8 Å². The number of aryl methyl sites for hydroxylation is 2. The molecular formula is C23H23F3N2O3S. The minimum Gasteiger partial charge on any atom is -0.406 e. The van der Waals surface area contributed by atoms with E-state index in [0.717, 1.165) is 16.0 Å². The number of aromatic nitrogens is 2. The molecule has 0 fully saturated rings. The lowest BCUT2D eigenvalue weighted by Crippen LogP contribution is -2.34. The van der Waals surface area contributed by atoms with Crippen LogP contribution in [0.2, 0.25) is 0 Å². The summed E-state index contributed by atoms with van der Waals surface area (Å²) in [6.07, 6.45) is -4.78. The van der Waals surface area contributed by atoms with Crippen LogP contribution in [0.1, 0.15) is 42.0 Å². The van der Waals surface area contributed by atoms with Gasteiger partial charge < -0.3 is 4.74 Å². The van der Waals surface area contributed by atoms with Crippen molar-refractivity contribution < 1.29 is 17.9 Å². The number of benzene rings is 2. The second-order valence-corrected chi connectivity index (χ2v) is 8.90. The van der Waals surface area contributed by atoms with Crippen molar-refractivity contribution in [2.75, 3.05) is 0 Å². The molecule has 32 heavy (non-hydrogen) atoms. The van der Waals surface area contributed by atoms with E-state index in [2.05, 4.69) is 9.72 Å². The van der Waals surface area contributed by atoms with E-state index in [4.69, 9.17) is 0 Å². The normalized spacial score (nSPS) is 11.8. The highest BCUT2D eigenvalue weighted by atomic mass is 32.2. The topological polar surface area (TPSA) is 64.1 Å². The van der Waals surface area contributed by atoms with Crippen molar-refractivity contribution in [3.05, 3.63) is 85.6 Å². The fourth-order valence-electron chi connectivity index (χ4n) is 3.41. The summed E-state index contributed by atoms with van der Waals surface area (Å²) in [6, 6.07) is 11.3. The van der Waals surface area contributed by atoms with Crippen LogP contribution in [0.25, 0.3) is 0 Å². The third-order valence-corrected chi connectivity index (χ3v) is 5.78. The Morgan fingerprint density at radius 1 is 1.03 bits per heavy atom. The van der Waals surface area contributed by atoms with Gasteiger partial charge in [0.1, 0.15) is 5.75 Å². The molecule has 9 heteroatoms. The molecule has 0 radical (unpaired) electrons. The van der Waals surface area contributed by atoms with Gasteiger partial charge in [-0.25, -0.2) is 4.79 Å². The van der Waals surface area contributed by atoms with Crippen molar-refractivity contribution in [1.82, 2.24) is 9.55 Å². The van der Waals surface area contributed by atoms with Crippen molar-refractivity contribution in [3.8, 4) is 5.75 Å². The highest BCUT2D eigenvalue weighted by molar-refractivity contribution is 7.99. The summed E-state index contributed by atoms with van der Waals surface area (Å²) in [5, 5.41) is 0.509. The Hall–Kier alpha value is -2.94. The van der Waals surface area contributed by atoms with Gasteiger partial charge in [0.15, 0.2) is 0 Å². The van der Waals surface area contributed by atoms with Crippen LogP contribution in [0.5, 0.6) is 5.75 Å². The fraction of sp³-hybridized carbons (Fsp3) is 0.304. The standard InChI is InChI=1S/C23H23F3N2O3S/c1-13(2)19-20(29)27-22(30)28(21(19)32-18-10-14(3)9-15(4)11-18)12-16-5-7-17(8-6-16)31-23(24,25)26/h5-11,13H,12H2,1-4H3,(H,27,29,30). The second-order valence-electron chi connectivity index (χ2n) is 7.84. The van der Waals surface area contributed by atoms with Gasteiger partial charge in [-0.3, -0.25) is 14.3 Å². The van der Waals surface area contributed by atoms with Crippen molar-refractivity contribution in [2.24, 2.45) is 0 Å². The van der Waals surface area contributed by atoms with Gasteiger partial charge in [-0.1, -0.05) is 43.8 Å². The SMILES string of the molecule is Cc1cc(C)cc(Sc2c(C(C)C)c(=O)[nH]c(=O)n2Cc2ccc(OC(F)(F)F)cc2)c1. The third kappa shape index (κ3) is 5.85. The molecule has 5 nitrogen and oxygen atoms in total. The summed E-state index contributed by atoms with van der Waals surface area (Å²) in [5.41, 5.74) is 2.15. The highest BCUT2D eigenvalue weighted by Crippen LogP contribution is 2.33. The molecule has 0 aliphatic heterocycles. The van der Waals surface area contributed by atoms with Crippen molar-refractivity contribution in [1.29, 1.82) is 0 Å². The Labute approximate surface area is 187 Å². The van der Waals surface area contributed by atoms with Gasteiger partial charge in [0, 0.05) is 4.90 Å². The first-order chi connectivity index (χ1) is 14.9. The number of H-pyrrole nitrogens is 1. The second kappa shape index (κ2) is 9.28. The zero-order valence-corrected chi connectivity index (χ0v) is 18.9. The maximum atomic E-state index is 12.7. The van der Waals surface area contributed by atoms with E-state index in [1.54, 1.807) is 0 Å². The molecule has 2 aromatic carbocycles. The van der Waals surface area contributed by atoms with Crippen LogP contribution in [0.15, 0.2) is 62.0 Å². The van der Waals surface area contributed by atoms with Crippen molar-refractivity contribution in [3.63, 3.8) is 0 Å². The lowest BCUT2D eigenvalue weighted by Gasteiger charge is -2.18. The minimum atomic E-state index is -4.78. The first kappa shape index (κ1) is 23.7. The molecule has 170 valence electrons. The molecule has 0 saturated heterocycles. The van der Waals surface area contributed by atoms with Crippen molar-refractivity contribution in [2.45, 2.75) is 56.4 Å². The number of hydrogen-bond acceptors (Lipinski definition) is 4. The molecule has 0 spiro atoms. The Morgan fingerprint density at radius 3 is 2.16 bits per heavy atom. The van der Waals surface area contributed by atoms with Crippen LogP contribution < -0.4 is 16.0 Å². The average Bonchev–Trinajstić information content (AvgIpc) is 2.63. The molecule has 0 bridgehead atoms. The molecule has 0 atom stereocenters. The summed E-state index contributed by atoms with van der Waals surface area (Å²) in [7, 11) is 0. The first-order valence-corrected chi connectivity index (χ1v) is 10.7. The van der Waals surface area contributed by atoms with E-state index in [0.29, 0.717) is 16.2 Å². The zero-order valence-electron chi connectivity index (χ0n) is 18.0. The lowest BCUT2D eigenvalue weighted by molar-refractivity contribution is -0.274. The summed E-state index contributed by atoms with van der Waals surface area (Å²) < 4.78 is 42.6. The van der Waals surface area contributed by atoms with Gasteiger partial charge >= 0.3 is 12.1 Å². The smallest absolute Gasteiger partial charge is 0.406 e. The zero-order chi connectivity index (χ0) is 23.6. The summed E-state index contributed by atoms with van der Waals surface area (Å²) in [5.74, 6) is -0.496. The summed E-state index contributed by atoms with van der Waals surface area (Å²) in [4.78, 5) is 28.6. The predicted octanol–water partition coefficient (Wildman–Crippen LogP) is 5.37. The molecule has 0 aliphatic carbocycles. The lowest BCUT2D eigenvalue weighted by atomic mass is 10.1. The summed E-state index contributed by atoms with van der Waals surface area (Å²) in [6.45, 7) is 7.75. The molecule has 0 saturated carbocycles. The van der Waals surface area contributed by atoms with Crippen LogP contribution in [-0.4, -0.2) is 15.9 Å². The Morgan fingerprint density at radius 2 is 1.62 bits per heavy atom. The van der Waals surface area contributed by atoms with E-state index in [1.165, 1.54) is 40.6 Å². The minimum absolute atomic E-state index is 0.0781. The van der Waals surface area contributed by atoms with E-state index in [1.807, 2.05) is 45.9 Å². The number of alkyl halides is 3. The molecule has 0 aliphatic rings. The Kier molecular flexibility index (Phi) is 6.88. The van der Waals surface area contributed by atoms with Crippen molar-refractivity contribution >= 4 is 11.8 Å². The molecular weight excluding hydrogens is 441 g/mol. The van der Waals surface area contributed by atoms with E-state index in [9.17, 15) is 22.8 Å². The largest absolute Gasteiger partial charge is 0.573 e. The maximum absolute atomic E-state index is 12.7. The quantitative estimate of drug-likeness (QED) is 0.498. The molecule has 0 amide bonds. The molecule has 1 heterocycles. The monoisotopic (exact) mass is 464 g/mol. The molecule has 1 N–H and O–H groups in total. The number of halogens is 3. The third-order valence-electron chi connectivity index (χ3n) is 4.67. The summed E-state index contributed by atoms with van der Waals surface area (Å²) >= 11 is 1.33. The number of hydrogen-bond donors (Lipinski definition) is 1. The van der Waals surface area contributed by atoms with Crippen LogP contribution in [0.3, 0.4) is 0 Å². The number of ether oxygens (including phenoxy) is 1. The van der Waals surface area contributed by atoms with Gasteiger partial charge in [0.25, 0.3) is 5.56 Å². The molecule has 0 unspecified atom stereocenters. The molecule has 1 aromatic heterocycles. The number of aromatic amines is 1. The number of nitrogens with zero attached hydrogens (tertiary/aromatic N) is 1. The van der Waals surface area contributed by atoms with Crippen LogP contribution in [-0.2, 0) is 6.54 Å². The molecule has 3 rings (SSSR count). The van der Waals surface area contributed by atoms with Crippen LogP contribution in [0.4, 0.5) is 13.2 Å². The van der Waals surface area contributed by atoms with Gasteiger partial charge in [-0.2, -0.15) is 0 Å². The van der Waals surface area contributed by atoms with E-state index < -0.39 is 17.6 Å². The highest BCUT2D eigenvalue weighted by Gasteiger charge is 2.31. The first-order valence-electron chi connectivity index (χ1n) is 9.91. The van der Waals surface area contributed by atoms with Gasteiger partial charge in [0.2, 0.25) is 0 Å². The maximum Gasteiger partial charge on any atom is 0.573 e. The molecule has 3 aromatic rings. The Bertz CT molecular complexity index is 1210. The average molecular weight is 465 g/mol. The van der Waals surface area contributed by atoms with Gasteiger partial charge in [0.05, 0.1) is 17.1 Å². The van der Waals surface area contributed by atoms with Gasteiger partial charge in [-0.15, -0.1) is 13.2 Å². The van der Waals surface area contributed by atoms with Crippen LogP contribution in [0, 0.1) is 13.8 Å². The predicted molar refractivity (Wildman–Crippen MR) is 118 cm³/mol. The van der Waals surface area contributed by atoms with Gasteiger partial charge in [-0.05, 0) is 60.7 Å². The van der Waals surface area contributed by atoms with E-state index in [-0.39, 0.29) is 18.2 Å². The fourth-order valence-corrected chi connectivity index (χ4v) is 4.82. The Balaban J connectivity index is 2.06.